The Morgan fingerprint density at radius 3 is 2.58 bits per heavy atom. The lowest BCUT2D eigenvalue weighted by molar-refractivity contribution is -0.131. The summed E-state index contributed by atoms with van der Waals surface area (Å²) in [5.41, 5.74) is 0.698. The normalized spacial score (nSPS) is 18.5. The van der Waals surface area contributed by atoms with Crippen LogP contribution < -0.4 is 9.64 Å². The predicted octanol–water partition coefficient (Wildman–Crippen LogP) is 2.02. The van der Waals surface area contributed by atoms with E-state index in [0.717, 1.165) is 0 Å². The lowest BCUT2D eigenvalue weighted by Crippen LogP contribution is -2.34. The zero-order valence-corrected chi connectivity index (χ0v) is 16.1. The minimum atomic E-state index is -2.89. The lowest BCUT2D eigenvalue weighted by Gasteiger charge is -2.25. The van der Waals surface area contributed by atoms with E-state index in [-0.39, 0.29) is 18.3 Å². The largest absolute Gasteiger partial charge is 0.478 e. The summed E-state index contributed by atoms with van der Waals surface area (Å²) < 4.78 is 35.6. The Balaban J connectivity index is 1.46. The first-order valence-corrected chi connectivity index (χ1v) is 9.35. The molecule has 1 aliphatic heterocycles. The first kappa shape index (κ1) is 20.6. The Kier molecular flexibility index (Phi) is 5.98. The van der Waals surface area contributed by atoms with Crippen LogP contribution in [0.1, 0.15) is 16.8 Å². The quantitative estimate of drug-likeness (QED) is 0.571. The number of aromatic nitrogens is 5. The molecule has 1 aliphatic rings. The van der Waals surface area contributed by atoms with Crippen molar-refractivity contribution in [3.05, 3.63) is 54.6 Å². The van der Waals surface area contributed by atoms with Crippen LogP contribution in [0, 0.1) is 0 Å². The Morgan fingerprint density at radius 2 is 1.97 bits per heavy atom. The minimum Gasteiger partial charge on any atom is -0.478 e. The number of carboxylic acid groups (broad SMARTS) is 1. The monoisotopic (exact) mass is 432 g/mol. The van der Waals surface area contributed by atoms with E-state index in [0.29, 0.717) is 30.4 Å². The van der Waals surface area contributed by atoms with Gasteiger partial charge in [0.15, 0.2) is 0 Å². The van der Waals surface area contributed by atoms with Gasteiger partial charge in [0, 0.05) is 18.7 Å². The molecule has 1 saturated heterocycles. The SMILES string of the molecule is O=C(O)c1ccc(N2C[C@@H](Oc3ccc(-n4nccn4)cn3)C[C@H]2COC(F)F)nc1. The smallest absolute Gasteiger partial charge is 0.345 e. The topological polar surface area (TPSA) is 115 Å². The highest BCUT2D eigenvalue weighted by atomic mass is 19.3. The number of alkyl halides is 2. The fourth-order valence-electron chi connectivity index (χ4n) is 3.34. The average Bonchev–Trinajstić information content (AvgIpc) is 3.43. The summed E-state index contributed by atoms with van der Waals surface area (Å²) in [6.45, 7) is -2.77. The number of halogens is 2. The number of carboxylic acids is 1. The summed E-state index contributed by atoms with van der Waals surface area (Å²) in [7, 11) is 0. The number of anilines is 1. The van der Waals surface area contributed by atoms with Gasteiger partial charge in [0.25, 0.3) is 0 Å². The number of nitrogens with zero attached hydrogens (tertiary/aromatic N) is 6. The third kappa shape index (κ3) is 4.91. The van der Waals surface area contributed by atoms with Crippen LogP contribution in [0.4, 0.5) is 14.6 Å². The van der Waals surface area contributed by atoms with E-state index < -0.39 is 18.6 Å². The van der Waals surface area contributed by atoms with Gasteiger partial charge in [0.2, 0.25) is 5.88 Å². The van der Waals surface area contributed by atoms with Gasteiger partial charge < -0.3 is 19.5 Å². The molecule has 4 rings (SSSR count). The van der Waals surface area contributed by atoms with Crippen molar-refractivity contribution in [1.82, 2.24) is 25.0 Å². The molecule has 0 amide bonds. The van der Waals surface area contributed by atoms with Gasteiger partial charge in [-0.1, -0.05) is 0 Å². The Morgan fingerprint density at radius 1 is 1.16 bits per heavy atom. The first-order valence-electron chi connectivity index (χ1n) is 9.35. The van der Waals surface area contributed by atoms with Crippen molar-refractivity contribution in [3.8, 4) is 11.6 Å². The van der Waals surface area contributed by atoms with Gasteiger partial charge in [-0.2, -0.15) is 23.8 Å². The van der Waals surface area contributed by atoms with Gasteiger partial charge in [-0.05, 0) is 18.2 Å². The summed E-state index contributed by atoms with van der Waals surface area (Å²) in [6.07, 6.45) is 5.94. The number of pyridine rings is 2. The second-order valence-electron chi connectivity index (χ2n) is 6.76. The van der Waals surface area contributed by atoms with E-state index in [9.17, 15) is 13.6 Å². The minimum absolute atomic E-state index is 0.0343. The Bertz CT molecular complexity index is 1000. The van der Waals surface area contributed by atoms with E-state index in [2.05, 4.69) is 24.9 Å². The summed E-state index contributed by atoms with van der Waals surface area (Å²) in [5, 5.41) is 17.1. The number of rotatable bonds is 8. The van der Waals surface area contributed by atoms with E-state index in [1.807, 2.05) is 0 Å². The van der Waals surface area contributed by atoms with E-state index >= 15 is 0 Å². The highest BCUT2D eigenvalue weighted by Gasteiger charge is 2.35. The molecule has 4 heterocycles. The highest BCUT2D eigenvalue weighted by Crippen LogP contribution is 2.27. The molecule has 0 aromatic carbocycles. The first-order chi connectivity index (χ1) is 15.0. The zero-order chi connectivity index (χ0) is 21.8. The molecule has 0 unspecified atom stereocenters. The molecule has 31 heavy (non-hydrogen) atoms. The molecule has 10 nitrogen and oxygen atoms in total. The maximum Gasteiger partial charge on any atom is 0.345 e. The highest BCUT2D eigenvalue weighted by molar-refractivity contribution is 5.87. The Hall–Kier alpha value is -3.67. The van der Waals surface area contributed by atoms with Crippen molar-refractivity contribution < 1.29 is 28.2 Å². The third-order valence-electron chi connectivity index (χ3n) is 4.74. The number of aromatic carboxylic acids is 1. The third-order valence-corrected chi connectivity index (χ3v) is 4.74. The van der Waals surface area contributed by atoms with Crippen LogP contribution in [-0.4, -0.2) is 67.9 Å². The second kappa shape index (κ2) is 9.00. The average molecular weight is 432 g/mol. The molecule has 1 fully saturated rings. The molecule has 0 radical (unpaired) electrons. The molecule has 12 heteroatoms. The fourth-order valence-corrected chi connectivity index (χ4v) is 3.34. The van der Waals surface area contributed by atoms with Crippen molar-refractivity contribution in [3.63, 3.8) is 0 Å². The van der Waals surface area contributed by atoms with Crippen molar-refractivity contribution in [1.29, 1.82) is 0 Å². The van der Waals surface area contributed by atoms with Gasteiger partial charge in [0.1, 0.15) is 17.6 Å². The van der Waals surface area contributed by atoms with Crippen LogP contribution >= 0.6 is 0 Å². The zero-order valence-electron chi connectivity index (χ0n) is 16.1. The van der Waals surface area contributed by atoms with E-state index in [4.69, 9.17) is 9.84 Å². The molecule has 0 saturated carbocycles. The number of hydrogen-bond acceptors (Lipinski definition) is 8. The van der Waals surface area contributed by atoms with Crippen LogP contribution in [0.25, 0.3) is 5.69 Å². The van der Waals surface area contributed by atoms with Gasteiger partial charge in [-0.3, -0.25) is 0 Å². The van der Waals surface area contributed by atoms with Crippen LogP contribution in [0.2, 0.25) is 0 Å². The van der Waals surface area contributed by atoms with Crippen molar-refractivity contribution in [2.45, 2.75) is 25.2 Å². The summed E-state index contributed by atoms with van der Waals surface area (Å²) in [5.74, 6) is -0.281. The van der Waals surface area contributed by atoms with Gasteiger partial charge >= 0.3 is 12.6 Å². The van der Waals surface area contributed by atoms with Gasteiger partial charge in [-0.25, -0.2) is 14.8 Å². The maximum absolute atomic E-state index is 12.6. The number of carbonyl (C=O) groups is 1. The van der Waals surface area contributed by atoms with Crippen molar-refractivity contribution >= 4 is 11.8 Å². The summed E-state index contributed by atoms with van der Waals surface area (Å²) in [6, 6.07) is 5.94. The number of hydrogen-bond donors (Lipinski definition) is 1. The molecule has 3 aromatic rings. The molecule has 3 aromatic heterocycles. The Labute approximate surface area is 175 Å². The fraction of sp³-hybridized carbons (Fsp3) is 0.316. The van der Waals surface area contributed by atoms with Crippen LogP contribution in [-0.2, 0) is 4.74 Å². The van der Waals surface area contributed by atoms with E-state index in [1.165, 1.54) is 23.1 Å². The molecule has 1 N–H and O–H groups in total. The van der Waals surface area contributed by atoms with Crippen LogP contribution in [0.3, 0.4) is 0 Å². The van der Waals surface area contributed by atoms with Gasteiger partial charge in [-0.15, -0.1) is 0 Å². The molecule has 0 spiro atoms. The van der Waals surface area contributed by atoms with Crippen molar-refractivity contribution in [2.75, 3.05) is 18.1 Å². The second-order valence-corrected chi connectivity index (χ2v) is 6.76. The predicted molar refractivity (Wildman–Crippen MR) is 102 cm³/mol. The van der Waals surface area contributed by atoms with Crippen LogP contribution in [0.5, 0.6) is 5.88 Å². The van der Waals surface area contributed by atoms with Crippen LogP contribution in [0.15, 0.2) is 49.1 Å². The summed E-state index contributed by atoms with van der Waals surface area (Å²) >= 11 is 0. The standard InChI is InChI=1S/C19H18F2N6O4/c20-19(21)30-11-14-7-15(10-26(14)16-3-1-12(8-22-16)18(28)29)31-17-4-2-13(9-23-17)27-24-5-6-25-27/h1-6,8-9,14-15,19H,7,10-11H2,(H,28,29)/t14-,15-/m0/s1. The maximum atomic E-state index is 12.6. The molecule has 0 aliphatic carbocycles. The molecule has 162 valence electrons. The molecule has 0 bridgehead atoms. The van der Waals surface area contributed by atoms with E-state index in [1.54, 1.807) is 35.6 Å². The lowest BCUT2D eigenvalue weighted by atomic mass is 10.2. The van der Waals surface area contributed by atoms with Crippen molar-refractivity contribution in [2.24, 2.45) is 0 Å². The summed E-state index contributed by atoms with van der Waals surface area (Å²) in [4.78, 5) is 22.6. The molecule has 2 atom stereocenters. The van der Waals surface area contributed by atoms with Gasteiger partial charge in [0.05, 0.1) is 43.3 Å². The molecular weight excluding hydrogens is 414 g/mol. The molecular formula is C19H18F2N6O4. The number of ether oxygens (including phenoxy) is 2.